The number of nitrogens with zero attached hydrogens (tertiary/aromatic N) is 1. The Hall–Kier alpha value is -3.15. The van der Waals surface area contributed by atoms with Gasteiger partial charge in [-0.05, 0) is 36.1 Å². The molecule has 1 heterocycles. The number of aryl methyl sites for hydroxylation is 1. The number of rotatable bonds is 7. The molecule has 1 aliphatic heterocycles. The topological polar surface area (TPSA) is 78.5 Å². The summed E-state index contributed by atoms with van der Waals surface area (Å²) in [5.41, 5.74) is 2.56. The number of amides is 4. The second-order valence-electron chi connectivity index (χ2n) is 6.57. The van der Waals surface area contributed by atoms with E-state index in [1.54, 1.807) is 24.3 Å². The number of carbonyl (C=O) groups is 3. The number of imide groups is 1. The highest BCUT2D eigenvalue weighted by molar-refractivity contribution is 6.08. The first-order valence-corrected chi connectivity index (χ1v) is 9.14. The molecule has 1 aliphatic rings. The van der Waals surface area contributed by atoms with E-state index >= 15 is 0 Å². The molecule has 2 aromatic rings. The lowest BCUT2D eigenvalue weighted by molar-refractivity contribution is -0.130. The van der Waals surface area contributed by atoms with Crippen LogP contribution < -0.4 is 10.6 Å². The van der Waals surface area contributed by atoms with Crippen LogP contribution in [0, 0.1) is 0 Å². The van der Waals surface area contributed by atoms with Crippen LogP contribution in [0.1, 0.15) is 36.9 Å². The molecule has 4 amide bonds. The summed E-state index contributed by atoms with van der Waals surface area (Å²) in [6, 6.07) is 15.3. The summed E-state index contributed by atoms with van der Waals surface area (Å²) in [5.74, 6) is -0.829. The Morgan fingerprint density at radius 3 is 2.44 bits per heavy atom. The number of anilines is 1. The summed E-state index contributed by atoms with van der Waals surface area (Å²) < 4.78 is 0. The van der Waals surface area contributed by atoms with Gasteiger partial charge in [0, 0.05) is 5.69 Å². The van der Waals surface area contributed by atoms with Crippen molar-refractivity contribution in [1.82, 2.24) is 10.2 Å². The van der Waals surface area contributed by atoms with Gasteiger partial charge in [-0.3, -0.25) is 14.5 Å². The lowest BCUT2D eigenvalue weighted by Crippen LogP contribution is -2.38. The average Bonchev–Trinajstić information content (AvgIpc) is 2.96. The lowest BCUT2D eigenvalue weighted by Gasteiger charge is -2.13. The minimum atomic E-state index is -0.746. The third kappa shape index (κ3) is 4.53. The number of urea groups is 1. The van der Waals surface area contributed by atoms with Crippen molar-refractivity contribution in [3.05, 3.63) is 65.7 Å². The van der Waals surface area contributed by atoms with E-state index in [9.17, 15) is 14.4 Å². The van der Waals surface area contributed by atoms with Gasteiger partial charge >= 0.3 is 6.03 Å². The Morgan fingerprint density at radius 1 is 1.07 bits per heavy atom. The fourth-order valence-electron chi connectivity index (χ4n) is 3.02. The minimum Gasteiger partial charge on any atom is -0.325 e. The average molecular weight is 365 g/mol. The first-order valence-electron chi connectivity index (χ1n) is 9.14. The van der Waals surface area contributed by atoms with E-state index < -0.39 is 23.9 Å². The highest BCUT2D eigenvalue weighted by atomic mass is 16.2. The smallest absolute Gasteiger partial charge is 0.325 e. The zero-order chi connectivity index (χ0) is 19.2. The van der Waals surface area contributed by atoms with Gasteiger partial charge in [-0.15, -0.1) is 0 Å². The molecule has 6 nitrogen and oxygen atoms in total. The van der Waals surface area contributed by atoms with E-state index in [1.165, 1.54) is 5.56 Å². The first kappa shape index (κ1) is 18.6. The van der Waals surface area contributed by atoms with Gasteiger partial charge in [0.2, 0.25) is 5.91 Å². The van der Waals surface area contributed by atoms with E-state index in [2.05, 4.69) is 17.6 Å². The number of unbranched alkanes of at least 4 members (excludes halogenated alkanes) is 1. The molecule has 1 fully saturated rings. The van der Waals surface area contributed by atoms with E-state index in [0.29, 0.717) is 11.3 Å². The summed E-state index contributed by atoms with van der Waals surface area (Å²) in [4.78, 5) is 37.8. The minimum absolute atomic E-state index is 0.314. The van der Waals surface area contributed by atoms with Gasteiger partial charge in [-0.25, -0.2) is 4.79 Å². The molecule has 2 N–H and O–H groups in total. The van der Waals surface area contributed by atoms with Crippen LogP contribution in [0.4, 0.5) is 10.5 Å². The Bertz CT molecular complexity index is 818. The summed E-state index contributed by atoms with van der Waals surface area (Å²) in [6.45, 7) is 1.83. The number of hydrogen-bond donors (Lipinski definition) is 2. The molecule has 1 saturated heterocycles. The van der Waals surface area contributed by atoms with Gasteiger partial charge in [-0.1, -0.05) is 55.8 Å². The second kappa shape index (κ2) is 8.49. The van der Waals surface area contributed by atoms with Crippen molar-refractivity contribution in [3.63, 3.8) is 0 Å². The molecular formula is C21H23N3O3. The van der Waals surface area contributed by atoms with Crippen LogP contribution in [0.15, 0.2) is 54.6 Å². The van der Waals surface area contributed by atoms with Crippen molar-refractivity contribution >= 4 is 23.5 Å². The molecule has 0 radical (unpaired) electrons. The molecule has 2 aromatic carbocycles. The van der Waals surface area contributed by atoms with Gasteiger partial charge in [-0.2, -0.15) is 0 Å². The van der Waals surface area contributed by atoms with Crippen LogP contribution in [0.3, 0.4) is 0 Å². The predicted molar refractivity (Wildman–Crippen MR) is 103 cm³/mol. The molecule has 0 spiro atoms. The summed E-state index contributed by atoms with van der Waals surface area (Å²) in [6.07, 6.45) is 3.27. The van der Waals surface area contributed by atoms with Crippen LogP contribution in [-0.4, -0.2) is 29.3 Å². The molecule has 6 heteroatoms. The number of carbonyl (C=O) groups excluding carboxylic acids is 3. The fourth-order valence-corrected chi connectivity index (χ4v) is 3.02. The molecule has 3 rings (SSSR count). The van der Waals surface area contributed by atoms with Gasteiger partial charge in [0.15, 0.2) is 0 Å². The number of nitrogens with one attached hydrogen (secondary N) is 2. The van der Waals surface area contributed by atoms with Gasteiger partial charge < -0.3 is 10.6 Å². The molecule has 140 valence electrons. The third-order valence-corrected chi connectivity index (χ3v) is 4.52. The SMILES string of the molecule is CCCCc1ccc(NC(=O)CN2C(=O)NC(c3ccccc3)C2=O)cc1. The van der Waals surface area contributed by atoms with Crippen molar-refractivity contribution in [2.45, 2.75) is 32.2 Å². The Balaban J connectivity index is 1.59. The standard InChI is InChI=1S/C21H23N3O3/c1-2-3-7-15-10-12-17(13-11-15)22-18(25)14-24-20(26)19(23-21(24)27)16-8-5-4-6-9-16/h4-6,8-13,19H,2-3,7,14H2,1H3,(H,22,25)(H,23,27). The van der Waals surface area contributed by atoms with Crippen LogP contribution >= 0.6 is 0 Å². The summed E-state index contributed by atoms with van der Waals surface area (Å²) in [7, 11) is 0. The molecule has 0 saturated carbocycles. The van der Waals surface area contributed by atoms with Gasteiger partial charge in [0.25, 0.3) is 5.91 Å². The third-order valence-electron chi connectivity index (χ3n) is 4.52. The summed E-state index contributed by atoms with van der Waals surface area (Å²) in [5, 5.41) is 5.36. The zero-order valence-electron chi connectivity index (χ0n) is 15.3. The molecule has 0 aromatic heterocycles. The van der Waals surface area contributed by atoms with Gasteiger partial charge in [0.05, 0.1) is 0 Å². The summed E-state index contributed by atoms with van der Waals surface area (Å²) >= 11 is 0. The second-order valence-corrected chi connectivity index (χ2v) is 6.57. The highest BCUT2D eigenvalue weighted by Crippen LogP contribution is 2.21. The monoisotopic (exact) mass is 365 g/mol. The number of benzene rings is 2. The molecule has 0 bridgehead atoms. The van der Waals surface area contributed by atoms with E-state index in [-0.39, 0.29) is 6.54 Å². The van der Waals surface area contributed by atoms with Crippen LogP contribution in [-0.2, 0) is 16.0 Å². The van der Waals surface area contributed by atoms with Crippen molar-refractivity contribution in [2.75, 3.05) is 11.9 Å². The quantitative estimate of drug-likeness (QED) is 0.739. The largest absolute Gasteiger partial charge is 0.325 e. The van der Waals surface area contributed by atoms with Crippen LogP contribution in [0.5, 0.6) is 0 Å². The Morgan fingerprint density at radius 2 is 1.78 bits per heavy atom. The van der Waals surface area contributed by atoms with Crippen LogP contribution in [0.2, 0.25) is 0 Å². The molecule has 0 aliphatic carbocycles. The maximum Gasteiger partial charge on any atom is 0.325 e. The van der Waals surface area contributed by atoms with Crippen molar-refractivity contribution in [1.29, 1.82) is 0 Å². The predicted octanol–water partition coefficient (Wildman–Crippen LogP) is 3.26. The van der Waals surface area contributed by atoms with Crippen LogP contribution in [0.25, 0.3) is 0 Å². The van der Waals surface area contributed by atoms with E-state index in [1.807, 2.05) is 30.3 Å². The van der Waals surface area contributed by atoms with Crippen molar-refractivity contribution in [2.24, 2.45) is 0 Å². The molecule has 27 heavy (non-hydrogen) atoms. The maximum absolute atomic E-state index is 12.5. The normalized spacial score (nSPS) is 16.3. The Labute approximate surface area is 158 Å². The molecule has 1 atom stereocenters. The fraction of sp³-hybridized carbons (Fsp3) is 0.286. The highest BCUT2D eigenvalue weighted by Gasteiger charge is 2.39. The lowest BCUT2D eigenvalue weighted by atomic mass is 10.1. The van der Waals surface area contributed by atoms with Gasteiger partial charge in [0.1, 0.15) is 12.6 Å². The number of hydrogen-bond acceptors (Lipinski definition) is 3. The first-order chi connectivity index (χ1) is 13.1. The molecule has 1 unspecified atom stereocenters. The molecular weight excluding hydrogens is 342 g/mol. The van der Waals surface area contributed by atoms with E-state index in [0.717, 1.165) is 24.2 Å². The van der Waals surface area contributed by atoms with Crippen molar-refractivity contribution in [3.8, 4) is 0 Å². The Kier molecular flexibility index (Phi) is 5.86. The maximum atomic E-state index is 12.5. The van der Waals surface area contributed by atoms with E-state index in [4.69, 9.17) is 0 Å². The van der Waals surface area contributed by atoms with Crippen molar-refractivity contribution < 1.29 is 14.4 Å². The zero-order valence-corrected chi connectivity index (χ0v) is 15.3.